The fraction of sp³-hybridized carbons (Fsp3) is 1.00. The molecular formula is C8H18ClNO2. The van der Waals surface area contributed by atoms with Crippen LogP contribution in [-0.4, -0.2) is 33.6 Å². The van der Waals surface area contributed by atoms with E-state index in [1.807, 2.05) is 0 Å². The van der Waals surface area contributed by atoms with Gasteiger partial charge in [-0.25, -0.2) is 0 Å². The zero-order valence-corrected chi connectivity index (χ0v) is 8.52. The Balaban J connectivity index is 0.00000121. The molecule has 0 bridgehead atoms. The normalized spacial score (nSPS) is 23.8. The van der Waals surface area contributed by atoms with E-state index in [-0.39, 0.29) is 18.7 Å². The van der Waals surface area contributed by atoms with Gasteiger partial charge in [0.1, 0.15) is 0 Å². The van der Waals surface area contributed by atoms with Crippen molar-refractivity contribution in [2.45, 2.75) is 19.1 Å². The third kappa shape index (κ3) is 3.27. The van der Waals surface area contributed by atoms with Crippen LogP contribution in [0.5, 0.6) is 0 Å². The Kier molecular flexibility index (Phi) is 6.76. The van der Waals surface area contributed by atoms with Gasteiger partial charge in [0, 0.05) is 26.7 Å². The molecule has 3 nitrogen and oxygen atoms in total. The molecule has 0 aromatic rings. The van der Waals surface area contributed by atoms with Gasteiger partial charge in [-0.1, -0.05) is 0 Å². The Bertz CT molecular complexity index is 103. The van der Waals surface area contributed by atoms with E-state index < -0.39 is 0 Å². The molecule has 1 aliphatic heterocycles. The standard InChI is InChI=1S/C8H17NO2.ClH/c1-10-8(11-2)7-4-3-5-9-6-7;/h7-9H,3-6H2,1-2H3;1H. The summed E-state index contributed by atoms with van der Waals surface area (Å²) in [6.07, 6.45) is 2.41. The van der Waals surface area contributed by atoms with E-state index in [9.17, 15) is 0 Å². The molecule has 0 spiro atoms. The maximum Gasteiger partial charge on any atom is 0.160 e. The third-order valence-corrected chi connectivity index (χ3v) is 2.18. The van der Waals surface area contributed by atoms with Gasteiger partial charge >= 0.3 is 0 Å². The summed E-state index contributed by atoms with van der Waals surface area (Å²) in [4.78, 5) is 0. The van der Waals surface area contributed by atoms with Gasteiger partial charge in [0.25, 0.3) is 0 Å². The summed E-state index contributed by atoms with van der Waals surface area (Å²) in [7, 11) is 3.39. The molecule has 1 saturated heterocycles. The second-order valence-corrected chi connectivity index (χ2v) is 2.95. The fourth-order valence-electron chi connectivity index (χ4n) is 1.59. The molecule has 0 radical (unpaired) electrons. The van der Waals surface area contributed by atoms with Gasteiger partial charge in [-0.3, -0.25) is 0 Å². The molecule has 1 heterocycles. The summed E-state index contributed by atoms with van der Waals surface area (Å²) in [6.45, 7) is 2.16. The quantitative estimate of drug-likeness (QED) is 0.683. The van der Waals surface area contributed by atoms with Gasteiger partial charge in [0.05, 0.1) is 0 Å². The van der Waals surface area contributed by atoms with E-state index in [2.05, 4.69) is 5.32 Å². The van der Waals surface area contributed by atoms with Gasteiger partial charge in [-0.05, 0) is 19.4 Å². The van der Waals surface area contributed by atoms with Crippen molar-refractivity contribution < 1.29 is 9.47 Å². The van der Waals surface area contributed by atoms with Gasteiger partial charge in [0.2, 0.25) is 0 Å². The molecule has 4 heteroatoms. The van der Waals surface area contributed by atoms with Crippen molar-refractivity contribution in [2.24, 2.45) is 5.92 Å². The number of nitrogens with one attached hydrogen (secondary N) is 1. The molecule has 1 rings (SSSR count). The molecule has 1 fully saturated rings. The summed E-state index contributed by atoms with van der Waals surface area (Å²) in [6, 6.07) is 0. The highest BCUT2D eigenvalue weighted by Crippen LogP contribution is 2.16. The first-order valence-electron chi connectivity index (χ1n) is 4.14. The first-order valence-corrected chi connectivity index (χ1v) is 4.14. The van der Waals surface area contributed by atoms with Crippen LogP contribution < -0.4 is 5.32 Å². The number of methoxy groups -OCH3 is 2. The third-order valence-electron chi connectivity index (χ3n) is 2.18. The second-order valence-electron chi connectivity index (χ2n) is 2.95. The lowest BCUT2D eigenvalue weighted by molar-refractivity contribution is -0.140. The van der Waals surface area contributed by atoms with E-state index >= 15 is 0 Å². The summed E-state index contributed by atoms with van der Waals surface area (Å²) in [5.74, 6) is 0.527. The minimum absolute atomic E-state index is 0. The number of piperidine rings is 1. The molecule has 1 atom stereocenters. The smallest absolute Gasteiger partial charge is 0.160 e. The first-order chi connectivity index (χ1) is 5.38. The van der Waals surface area contributed by atoms with Gasteiger partial charge < -0.3 is 14.8 Å². The topological polar surface area (TPSA) is 30.5 Å². The van der Waals surface area contributed by atoms with Crippen LogP contribution in [0.3, 0.4) is 0 Å². The van der Waals surface area contributed by atoms with E-state index in [0.29, 0.717) is 5.92 Å². The van der Waals surface area contributed by atoms with Crippen molar-refractivity contribution in [3.63, 3.8) is 0 Å². The van der Waals surface area contributed by atoms with Crippen LogP contribution in [0.25, 0.3) is 0 Å². The van der Waals surface area contributed by atoms with Crippen LogP contribution in [0.15, 0.2) is 0 Å². The number of halogens is 1. The Hall–Kier alpha value is 0.170. The number of rotatable bonds is 3. The van der Waals surface area contributed by atoms with Crippen molar-refractivity contribution >= 4 is 12.4 Å². The molecule has 12 heavy (non-hydrogen) atoms. The van der Waals surface area contributed by atoms with Crippen LogP contribution >= 0.6 is 12.4 Å². The maximum atomic E-state index is 5.18. The highest BCUT2D eigenvalue weighted by Gasteiger charge is 2.22. The average Bonchev–Trinajstić information content (AvgIpc) is 2.09. The van der Waals surface area contributed by atoms with Crippen LogP contribution in [0.4, 0.5) is 0 Å². The first kappa shape index (κ1) is 12.2. The van der Waals surface area contributed by atoms with Crippen molar-refractivity contribution in [3.05, 3.63) is 0 Å². The Labute approximate surface area is 80.2 Å². The zero-order chi connectivity index (χ0) is 8.10. The number of ether oxygens (including phenoxy) is 2. The zero-order valence-electron chi connectivity index (χ0n) is 7.71. The summed E-state index contributed by atoms with van der Waals surface area (Å²) in [5, 5.41) is 3.32. The predicted octanol–water partition coefficient (Wildman–Crippen LogP) is 1.03. The van der Waals surface area contributed by atoms with Crippen LogP contribution in [0, 0.1) is 5.92 Å². The van der Waals surface area contributed by atoms with Gasteiger partial charge in [-0.2, -0.15) is 0 Å². The molecule has 0 aromatic heterocycles. The number of hydrogen-bond acceptors (Lipinski definition) is 3. The Morgan fingerprint density at radius 2 is 2.00 bits per heavy atom. The Morgan fingerprint density at radius 3 is 2.42 bits per heavy atom. The highest BCUT2D eigenvalue weighted by molar-refractivity contribution is 5.85. The lowest BCUT2D eigenvalue weighted by Crippen LogP contribution is -2.38. The predicted molar refractivity (Wildman–Crippen MR) is 50.6 cm³/mol. The maximum absolute atomic E-state index is 5.18. The molecule has 1 unspecified atom stereocenters. The van der Waals surface area contributed by atoms with Crippen LogP contribution in [0.1, 0.15) is 12.8 Å². The van der Waals surface area contributed by atoms with E-state index in [0.717, 1.165) is 13.1 Å². The lowest BCUT2D eigenvalue weighted by atomic mass is 9.99. The molecule has 0 aliphatic carbocycles. The molecule has 1 aliphatic rings. The van der Waals surface area contributed by atoms with E-state index in [4.69, 9.17) is 9.47 Å². The summed E-state index contributed by atoms with van der Waals surface area (Å²) < 4.78 is 10.4. The second kappa shape index (κ2) is 6.66. The van der Waals surface area contributed by atoms with Gasteiger partial charge in [-0.15, -0.1) is 12.4 Å². The Morgan fingerprint density at radius 1 is 1.33 bits per heavy atom. The average molecular weight is 196 g/mol. The van der Waals surface area contributed by atoms with Gasteiger partial charge in [0.15, 0.2) is 6.29 Å². The van der Waals surface area contributed by atoms with Crippen LogP contribution in [-0.2, 0) is 9.47 Å². The number of hydrogen-bond donors (Lipinski definition) is 1. The molecule has 74 valence electrons. The summed E-state index contributed by atoms with van der Waals surface area (Å²) in [5.41, 5.74) is 0. The van der Waals surface area contributed by atoms with E-state index in [1.165, 1.54) is 12.8 Å². The molecule has 0 aromatic carbocycles. The SMILES string of the molecule is COC(OC)C1CCCNC1.Cl. The van der Waals surface area contributed by atoms with Crippen LogP contribution in [0.2, 0.25) is 0 Å². The molecule has 0 saturated carbocycles. The molecule has 0 amide bonds. The van der Waals surface area contributed by atoms with Crippen molar-refractivity contribution in [1.82, 2.24) is 5.32 Å². The minimum atomic E-state index is -0.0252. The molecular weight excluding hydrogens is 178 g/mol. The van der Waals surface area contributed by atoms with Crippen molar-refractivity contribution in [1.29, 1.82) is 0 Å². The molecule has 1 N–H and O–H groups in total. The van der Waals surface area contributed by atoms with E-state index in [1.54, 1.807) is 14.2 Å². The largest absolute Gasteiger partial charge is 0.356 e. The fourth-order valence-corrected chi connectivity index (χ4v) is 1.59. The minimum Gasteiger partial charge on any atom is -0.356 e. The lowest BCUT2D eigenvalue weighted by Gasteiger charge is -2.28. The summed E-state index contributed by atoms with van der Waals surface area (Å²) >= 11 is 0. The monoisotopic (exact) mass is 195 g/mol. The highest BCUT2D eigenvalue weighted by atomic mass is 35.5. The van der Waals surface area contributed by atoms with Crippen molar-refractivity contribution in [2.75, 3.05) is 27.3 Å². The van der Waals surface area contributed by atoms with Crippen molar-refractivity contribution in [3.8, 4) is 0 Å².